The van der Waals surface area contributed by atoms with E-state index in [0.717, 1.165) is 33.4 Å². The minimum Gasteiger partial charge on any atom is -0.508 e. The summed E-state index contributed by atoms with van der Waals surface area (Å²) in [7, 11) is 0. The van der Waals surface area contributed by atoms with Gasteiger partial charge < -0.3 is 20.4 Å². The predicted molar refractivity (Wildman–Crippen MR) is 158 cm³/mol. The highest BCUT2D eigenvalue weighted by Crippen LogP contribution is 2.50. The van der Waals surface area contributed by atoms with Gasteiger partial charge in [0.15, 0.2) is 0 Å². The number of phenols is 4. The van der Waals surface area contributed by atoms with Crippen molar-refractivity contribution in [2.75, 3.05) is 0 Å². The van der Waals surface area contributed by atoms with E-state index in [4.69, 9.17) is 0 Å². The molecule has 0 radical (unpaired) electrons. The van der Waals surface area contributed by atoms with Gasteiger partial charge in [0.2, 0.25) is 0 Å². The van der Waals surface area contributed by atoms with Gasteiger partial charge in [-0.05, 0) is 80.6 Å². The van der Waals surface area contributed by atoms with Crippen LogP contribution >= 0.6 is 0 Å². The molecule has 0 atom stereocenters. The van der Waals surface area contributed by atoms with Gasteiger partial charge in [0.25, 0.3) is 0 Å². The Hall–Kier alpha value is -3.92. The standard InChI is InChI=1S/C35H40O4/c1-33(2,3)28-20-22(8-18-30(28)38)32(23-9-19-31(39)29(21-23)34(4,5)6)35(7,24-10-14-26(36)15-11-24)25-12-16-27(37)17-13-25/h8-21,32,36-39H,1-7H3. The quantitative estimate of drug-likeness (QED) is 0.212. The van der Waals surface area contributed by atoms with Crippen LogP contribution in [-0.4, -0.2) is 20.4 Å². The molecule has 4 heteroatoms. The van der Waals surface area contributed by atoms with Crippen molar-refractivity contribution < 1.29 is 20.4 Å². The van der Waals surface area contributed by atoms with Gasteiger partial charge in [0.05, 0.1) is 0 Å². The lowest BCUT2D eigenvalue weighted by Crippen LogP contribution is -2.33. The molecule has 4 aromatic rings. The van der Waals surface area contributed by atoms with Gasteiger partial charge in [0.1, 0.15) is 23.0 Å². The second-order valence-electron chi connectivity index (χ2n) is 12.8. The molecule has 0 fully saturated rings. The summed E-state index contributed by atoms with van der Waals surface area (Å²) in [6, 6.07) is 26.2. The molecule has 0 heterocycles. The molecule has 4 aromatic carbocycles. The fraction of sp³-hybridized carbons (Fsp3) is 0.314. The van der Waals surface area contributed by atoms with Crippen LogP contribution in [0.1, 0.15) is 87.8 Å². The Morgan fingerprint density at radius 2 is 0.795 bits per heavy atom. The lowest BCUT2D eigenvalue weighted by Gasteiger charge is -2.41. The number of aromatic hydroxyl groups is 4. The third-order valence-corrected chi connectivity index (χ3v) is 7.84. The SMILES string of the molecule is CC(C)(C)c1cc(C(c2ccc(O)c(C(C)(C)C)c2)C(C)(c2ccc(O)cc2)c2ccc(O)cc2)ccc1O. The summed E-state index contributed by atoms with van der Waals surface area (Å²) in [6.45, 7) is 14.7. The van der Waals surface area contributed by atoms with Gasteiger partial charge in [-0.3, -0.25) is 0 Å². The van der Waals surface area contributed by atoms with E-state index in [-0.39, 0.29) is 39.7 Å². The van der Waals surface area contributed by atoms with Gasteiger partial charge in [0, 0.05) is 11.3 Å². The van der Waals surface area contributed by atoms with Gasteiger partial charge >= 0.3 is 0 Å². The highest BCUT2D eigenvalue weighted by atomic mass is 16.3. The second-order valence-corrected chi connectivity index (χ2v) is 12.8. The van der Waals surface area contributed by atoms with Crippen LogP contribution in [0.3, 0.4) is 0 Å². The zero-order chi connectivity index (χ0) is 28.8. The minimum atomic E-state index is -0.667. The number of rotatable bonds is 5. The Bertz CT molecular complexity index is 1340. The molecule has 4 nitrogen and oxygen atoms in total. The number of benzene rings is 4. The molecule has 0 aliphatic heterocycles. The molecule has 4 rings (SSSR count). The van der Waals surface area contributed by atoms with Crippen LogP contribution in [0.2, 0.25) is 0 Å². The Morgan fingerprint density at radius 1 is 0.462 bits per heavy atom. The fourth-order valence-electron chi connectivity index (χ4n) is 5.64. The van der Waals surface area contributed by atoms with Gasteiger partial charge in [-0.15, -0.1) is 0 Å². The first kappa shape index (κ1) is 28.1. The zero-order valence-electron chi connectivity index (χ0n) is 23.9. The van der Waals surface area contributed by atoms with Crippen LogP contribution in [0.25, 0.3) is 0 Å². The highest BCUT2D eigenvalue weighted by Gasteiger charge is 2.41. The molecular formula is C35H40O4. The van der Waals surface area contributed by atoms with E-state index in [1.54, 1.807) is 36.4 Å². The van der Waals surface area contributed by atoms with Crippen LogP contribution in [-0.2, 0) is 16.2 Å². The lowest BCUT2D eigenvalue weighted by molar-refractivity contribution is 0.440. The molecule has 0 saturated heterocycles. The van der Waals surface area contributed by atoms with Gasteiger partial charge in [-0.25, -0.2) is 0 Å². The van der Waals surface area contributed by atoms with Crippen molar-refractivity contribution in [1.29, 1.82) is 0 Å². The molecule has 0 aliphatic rings. The molecule has 0 aromatic heterocycles. The maximum absolute atomic E-state index is 10.8. The summed E-state index contributed by atoms with van der Waals surface area (Å²) in [5, 5.41) is 41.9. The van der Waals surface area contributed by atoms with Crippen LogP contribution in [0, 0.1) is 0 Å². The third-order valence-electron chi connectivity index (χ3n) is 7.84. The van der Waals surface area contributed by atoms with E-state index >= 15 is 0 Å². The molecular weight excluding hydrogens is 484 g/mol. The van der Waals surface area contributed by atoms with E-state index in [9.17, 15) is 20.4 Å². The summed E-state index contributed by atoms with van der Waals surface area (Å²) in [6.07, 6.45) is 0. The van der Waals surface area contributed by atoms with Crippen molar-refractivity contribution in [1.82, 2.24) is 0 Å². The predicted octanol–water partition coefficient (Wildman–Crippen LogP) is 8.24. The average molecular weight is 525 g/mol. The fourth-order valence-corrected chi connectivity index (χ4v) is 5.64. The Balaban J connectivity index is 2.12. The zero-order valence-corrected chi connectivity index (χ0v) is 23.9. The Morgan fingerprint density at radius 3 is 1.10 bits per heavy atom. The summed E-state index contributed by atoms with van der Waals surface area (Å²) < 4.78 is 0. The molecule has 204 valence electrons. The number of hydrogen-bond acceptors (Lipinski definition) is 4. The van der Waals surface area contributed by atoms with E-state index in [1.807, 2.05) is 36.4 Å². The molecule has 0 bridgehead atoms. The molecule has 0 spiro atoms. The van der Waals surface area contributed by atoms with Crippen LogP contribution in [0.15, 0.2) is 84.9 Å². The van der Waals surface area contributed by atoms with E-state index in [1.165, 1.54) is 0 Å². The molecule has 39 heavy (non-hydrogen) atoms. The average Bonchev–Trinajstić information content (AvgIpc) is 2.85. The van der Waals surface area contributed by atoms with Crippen molar-refractivity contribution in [3.8, 4) is 23.0 Å². The van der Waals surface area contributed by atoms with Gasteiger partial charge in [-0.2, -0.15) is 0 Å². The largest absolute Gasteiger partial charge is 0.508 e. The smallest absolute Gasteiger partial charge is 0.119 e. The summed E-state index contributed by atoms with van der Waals surface area (Å²) >= 11 is 0. The van der Waals surface area contributed by atoms with Gasteiger partial charge in [-0.1, -0.05) is 97.0 Å². The molecule has 4 N–H and O–H groups in total. The van der Waals surface area contributed by atoms with E-state index in [2.05, 4.69) is 60.6 Å². The monoisotopic (exact) mass is 524 g/mol. The van der Waals surface area contributed by atoms with E-state index < -0.39 is 5.41 Å². The van der Waals surface area contributed by atoms with Crippen molar-refractivity contribution in [2.45, 2.75) is 70.6 Å². The maximum Gasteiger partial charge on any atom is 0.119 e. The maximum atomic E-state index is 10.8. The van der Waals surface area contributed by atoms with Crippen molar-refractivity contribution in [2.24, 2.45) is 0 Å². The number of phenolic OH excluding ortho intramolecular Hbond substituents is 4. The summed E-state index contributed by atoms with van der Waals surface area (Å²) in [4.78, 5) is 0. The van der Waals surface area contributed by atoms with Crippen molar-refractivity contribution in [3.63, 3.8) is 0 Å². The molecule has 0 amide bonds. The molecule has 0 unspecified atom stereocenters. The van der Waals surface area contributed by atoms with Crippen molar-refractivity contribution in [3.05, 3.63) is 118 Å². The Kier molecular flexibility index (Phi) is 7.20. The third kappa shape index (κ3) is 5.47. The number of hydrogen-bond donors (Lipinski definition) is 4. The first-order valence-corrected chi connectivity index (χ1v) is 13.4. The Labute approximate surface area is 232 Å². The summed E-state index contributed by atoms with van der Waals surface area (Å²) in [5.74, 6) is 0.615. The van der Waals surface area contributed by atoms with Crippen LogP contribution < -0.4 is 0 Å². The molecule has 0 aliphatic carbocycles. The normalized spacial score (nSPS) is 12.6. The topological polar surface area (TPSA) is 80.9 Å². The first-order valence-electron chi connectivity index (χ1n) is 13.4. The minimum absolute atomic E-state index is 0.183. The van der Waals surface area contributed by atoms with Crippen LogP contribution in [0.4, 0.5) is 0 Å². The second kappa shape index (κ2) is 10.00. The van der Waals surface area contributed by atoms with E-state index in [0.29, 0.717) is 0 Å². The molecule has 0 saturated carbocycles. The lowest BCUT2D eigenvalue weighted by atomic mass is 9.62. The van der Waals surface area contributed by atoms with Crippen LogP contribution in [0.5, 0.6) is 23.0 Å². The van der Waals surface area contributed by atoms with Crippen molar-refractivity contribution >= 4 is 0 Å². The first-order chi connectivity index (χ1) is 18.1. The summed E-state index contributed by atoms with van der Waals surface area (Å²) in [5.41, 5.74) is 4.42. The highest BCUT2D eigenvalue weighted by molar-refractivity contribution is 5.55.